The molecule has 0 bridgehead atoms. The molecule has 0 amide bonds. The van der Waals surface area contributed by atoms with Gasteiger partial charge in [0.25, 0.3) is 0 Å². The van der Waals surface area contributed by atoms with E-state index in [0.717, 1.165) is 10.5 Å². The van der Waals surface area contributed by atoms with Crippen LogP contribution in [0.1, 0.15) is 27.0 Å². The van der Waals surface area contributed by atoms with Crippen molar-refractivity contribution < 1.29 is 23.2 Å². The number of halogens is 3. The lowest BCUT2D eigenvalue weighted by Gasteiger charge is -2.09. The Labute approximate surface area is 169 Å². The zero-order valence-corrected chi connectivity index (χ0v) is 16.1. The van der Waals surface area contributed by atoms with E-state index in [2.05, 4.69) is 5.16 Å². The number of nitrogens with zero attached hydrogens (tertiary/aromatic N) is 1. The lowest BCUT2D eigenvalue weighted by atomic mass is 9.99. The van der Waals surface area contributed by atoms with E-state index in [4.69, 9.17) is 5.21 Å². The number of alkyl halides is 3. The van der Waals surface area contributed by atoms with Crippen LogP contribution in [-0.2, 0) is 0 Å². The topological polar surface area (TPSA) is 49.7 Å². The number of aryl methyl sites for hydroxylation is 1. The molecule has 0 aromatic heterocycles. The first-order valence-corrected chi connectivity index (χ1v) is 9.39. The highest BCUT2D eigenvalue weighted by Crippen LogP contribution is 2.30. The van der Waals surface area contributed by atoms with Crippen molar-refractivity contribution in [2.45, 2.75) is 22.9 Å². The van der Waals surface area contributed by atoms with Crippen molar-refractivity contribution in [3.63, 3.8) is 0 Å². The van der Waals surface area contributed by atoms with E-state index < -0.39 is 11.9 Å². The van der Waals surface area contributed by atoms with Crippen molar-refractivity contribution >= 4 is 23.3 Å². The molecule has 0 radical (unpaired) electrons. The number of hydrogen-bond donors (Lipinski definition) is 1. The van der Waals surface area contributed by atoms with Crippen molar-refractivity contribution in [3.8, 4) is 0 Å². The van der Waals surface area contributed by atoms with Gasteiger partial charge < -0.3 is 5.21 Å². The molecule has 3 rings (SSSR count). The molecule has 3 nitrogen and oxygen atoms in total. The maximum Gasteiger partial charge on any atom is 0.437 e. The average molecular weight is 415 g/mol. The van der Waals surface area contributed by atoms with Gasteiger partial charge in [-0.25, -0.2) is 0 Å². The Morgan fingerprint density at radius 1 is 0.862 bits per heavy atom. The van der Waals surface area contributed by atoms with E-state index in [1.165, 1.54) is 36.0 Å². The van der Waals surface area contributed by atoms with E-state index in [-0.39, 0.29) is 11.3 Å². The van der Waals surface area contributed by atoms with E-state index in [1.54, 1.807) is 30.3 Å². The third-order valence-corrected chi connectivity index (χ3v) is 5.25. The Kier molecular flexibility index (Phi) is 6.08. The quantitative estimate of drug-likeness (QED) is 0.236. The van der Waals surface area contributed by atoms with Gasteiger partial charge in [-0.15, -0.1) is 0 Å². The molecule has 0 aliphatic carbocycles. The van der Waals surface area contributed by atoms with Gasteiger partial charge in [0.15, 0.2) is 11.5 Å². The standard InChI is InChI=1S/C22H16F3NO2S/c1-14-4-2-3-5-19(14)20(27)15-6-10-17(11-7-15)29-18-12-8-16(9-13-18)21(26-28)22(23,24)25/h2-13,28H,1H3/b26-21-. The molecule has 0 heterocycles. The van der Waals surface area contributed by atoms with Gasteiger partial charge in [-0.1, -0.05) is 53.3 Å². The summed E-state index contributed by atoms with van der Waals surface area (Å²) in [7, 11) is 0. The van der Waals surface area contributed by atoms with Gasteiger partial charge in [0, 0.05) is 26.5 Å². The summed E-state index contributed by atoms with van der Waals surface area (Å²) < 4.78 is 38.3. The zero-order valence-electron chi connectivity index (χ0n) is 15.3. The summed E-state index contributed by atoms with van der Waals surface area (Å²) in [6, 6.07) is 19.9. The third-order valence-electron chi connectivity index (χ3n) is 4.24. The summed E-state index contributed by atoms with van der Waals surface area (Å²) >= 11 is 1.35. The molecule has 0 aliphatic heterocycles. The average Bonchev–Trinajstić information content (AvgIpc) is 2.69. The predicted octanol–water partition coefficient (Wildman–Crippen LogP) is 6.12. The second-order valence-electron chi connectivity index (χ2n) is 6.24. The van der Waals surface area contributed by atoms with E-state index in [0.29, 0.717) is 16.0 Å². The smallest absolute Gasteiger partial charge is 0.410 e. The van der Waals surface area contributed by atoms with Crippen LogP contribution in [0.2, 0.25) is 0 Å². The summed E-state index contributed by atoms with van der Waals surface area (Å²) in [5, 5.41) is 11.0. The molecule has 7 heteroatoms. The van der Waals surface area contributed by atoms with E-state index in [1.807, 2.05) is 25.1 Å². The van der Waals surface area contributed by atoms with Crippen LogP contribution in [0.15, 0.2) is 87.7 Å². The Bertz CT molecular complexity index is 1040. The summed E-state index contributed by atoms with van der Waals surface area (Å²) in [5.74, 6) is -0.0630. The summed E-state index contributed by atoms with van der Waals surface area (Å²) in [6.45, 7) is 1.88. The monoisotopic (exact) mass is 415 g/mol. The number of hydrogen-bond acceptors (Lipinski definition) is 4. The molecule has 0 spiro atoms. The second kappa shape index (κ2) is 8.53. The molecular weight excluding hydrogens is 399 g/mol. The molecule has 0 atom stereocenters. The Hall–Kier alpha value is -3.06. The lowest BCUT2D eigenvalue weighted by molar-refractivity contribution is -0.0601. The molecule has 3 aromatic rings. The Morgan fingerprint density at radius 3 is 1.86 bits per heavy atom. The van der Waals surface area contributed by atoms with Gasteiger partial charge in [-0.05, 0) is 48.9 Å². The molecule has 0 saturated carbocycles. The number of rotatable bonds is 5. The van der Waals surface area contributed by atoms with Crippen molar-refractivity contribution in [2.24, 2.45) is 5.16 Å². The van der Waals surface area contributed by atoms with Crippen LogP contribution in [0.3, 0.4) is 0 Å². The van der Waals surface area contributed by atoms with E-state index >= 15 is 0 Å². The highest BCUT2D eigenvalue weighted by Gasteiger charge is 2.37. The van der Waals surface area contributed by atoms with Crippen LogP contribution >= 0.6 is 11.8 Å². The highest BCUT2D eigenvalue weighted by molar-refractivity contribution is 7.99. The van der Waals surface area contributed by atoms with Crippen LogP contribution < -0.4 is 0 Å². The van der Waals surface area contributed by atoms with E-state index in [9.17, 15) is 18.0 Å². The molecule has 0 unspecified atom stereocenters. The van der Waals surface area contributed by atoms with Gasteiger partial charge in [0.05, 0.1) is 0 Å². The number of ketones is 1. The van der Waals surface area contributed by atoms with Gasteiger partial charge in [0.2, 0.25) is 0 Å². The van der Waals surface area contributed by atoms with Crippen LogP contribution in [-0.4, -0.2) is 22.9 Å². The molecule has 0 fully saturated rings. The zero-order chi connectivity index (χ0) is 21.0. The number of carbonyl (C=O) groups is 1. The number of carbonyl (C=O) groups excluding carboxylic acids is 1. The highest BCUT2D eigenvalue weighted by atomic mass is 32.2. The Morgan fingerprint density at radius 2 is 1.38 bits per heavy atom. The Balaban J connectivity index is 1.73. The molecular formula is C22H16F3NO2S. The molecule has 0 aliphatic rings. The summed E-state index contributed by atoms with van der Waals surface area (Å²) in [6.07, 6.45) is -4.73. The lowest BCUT2D eigenvalue weighted by Crippen LogP contribution is -2.23. The molecule has 1 N–H and O–H groups in total. The predicted molar refractivity (Wildman–Crippen MR) is 106 cm³/mol. The first-order valence-electron chi connectivity index (χ1n) is 8.57. The van der Waals surface area contributed by atoms with Crippen LogP contribution in [0, 0.1) is 6.92 Å². The second-order valence-corrected chi connectivity index (χ2v) is 7.39. The van der Waals surface area contributed by atoms with Crippen LogP contribution in [0.4, 0.5) is 13.2 Å². The maximum atomic E-state index is 12.8. The minimum absolute atomic E-state index is 0.0630. The molecule has 29 heavy (non-hydrogen) atoms. The SMILES string of the molecule is Cc1ccccc1C(=O)c1ccc(Sc2ccc(/C(=N/O)C(F)(F)F)cc2)cc1. The van der Waals surface area contributed by atoms with Crippen LogP contribution in [0.25, 0.3) is 0 Å². The fourth-order valence-corrected chi connectivity index (χ4v) is 3.57. The number of oxime groups is 1. The fourth-order valence-electron chi connectivity index (χ4n) is 2.75. The van der Waals surface area contributed by atoms with Gasteiger partial charge in [-0.2, -0.15) is 13.2 Å². The first kappa shape index (κ1) is 20.7. The largest absolute Gasteiger partial charge is 0.437 e. The van der Waals surface area contributed by atoms with Gasteiger partial charge >= 0.3 is 6.18 Å². The number of benzene rings is 3. The molecule has 0 saturated heterocycles. The van der Waals surface area contributed by atoms with Gasteiger partial charge in [-0.3, -0.25) is 4.79 Å². The maximum absolute atomic E-state index is 12.8. The van der Waals surface area contributed by atoms with Gasteiger partial charge in [0.1, 0.15) is 0 Å². The fraction of sp³-hybridized carbons (Fsp3) is 0.0909. The van der Waals surface area contributed by atoms with Crippen molar-refractivity contribution in [2.75, 3.05) is 0 Å². The normalized spacial score (nSPS) is 12.1. The minimum atomic E-state index is -4.73. The minimum Gasteiger partial charge on any atom is -0.410 e. The van der Waals surface area contributed by atoms with Crippen molar-refractivity contribution in [1.82, 2.24) is 0 Å². The first-order chi connectivity index (χ1) is 13.8. The van der Waals surface area contributed by atoms with Crippen molar-refractivity contribution in [1.29, 1.82) is 0 Å². The molecule has 3 aromatic carbocycles. The molecule has 148 valence electrons. The summed E-state index contributed by atoms with van der Waals surface area (Å²) in [5.41, 5.74) is 0.555. The third kappa shape index (κ3) is 4.86. The van der Waals surface area contributed by atoms with Crippen LogP contribution in [0.5, 0.6) is 0 Å². The summed E-state index contributed by atoms with van der Waals surface area (Å²) in [4.78, 5) is 14.2. The van der Waals surface area contributed by atoms with Crippen molar-refractivity contribution in [3.05, 3.63) is 95.1 Å².